The van der Waals surface area contributed by atoms with Gasteiger partial charge in [0.1, 0.15) is 11.5 Å². The maximum atomic E-state index is 6.77. The van der Waals surface area contributed by atoms with Gasteiger partial charge in [0.05, 0.1) is 38.6 Å². The van der Waals surface area contributed by atoms with E-state index in [0.717, 1.165) is 50.8 Å². The van der Waals surface area contributed by atoms with Crippen LogP contribution in [0, 0.1) is 11.8 Å². The lowest BCUT2D eigenvalue weighted by molar-refractivity contribution is 0.254. The molecular formula is C47H76O4. The summed E-state index contributed by atoms with van der Waals surface area (Å²) in [6.07, 6.45) is 13.2. The van der Waals surface area contributed by atoms with Crippen LogP contribution >= 0.6 is 0 Å². The topological polar surface area (TPSA) is 43.5 Å². The van der Waals surface area contributed by atoms with E-state index < -0.39 is 0 Å². The summed E-state index contributed by atoms with van der Waals surface area (Å²) < 4.78 is 25.0. The molecule has 2 heterocycles. The molecule has 2 aromatic carbocycles. The van der Waals surface area contributed by atoms with Crippen LogP contribution in [0.2, 0.25) is 0 Å². The lowest BCUT2D eigenvalue weighted by Gasteiger charge is -2.32. The molecule has 4 rings (SSSR count). The molecule has 51 heavy (non-hydrogen) atoms. The molecule has 0 bridgehead atoms. The maximum absolute atomic E-state index is 6.77. The first kappa shape index (κ1) is 41.7. The number of hydrogen-bond acceptors (Lipinski definition) is 4. The summed E-state index contributed by atoms with van der Waals surface area (Å²) in [5.41, 5.74) is 7.88. The smallest absolute Gasteiger partial charge is 0.126 e. The maximum Gasteiger partial charge on any atom is 0.126 e. The second-order valence-corrected chi connectivity index (χ2v) is 17.7. The Morgan fingerprint density at radius 3 is 1.10 bits per heavy atom. The highest BCUT2D eigenvalue weighted by molar-refractivity contribution is 5.55. The molecule has 0 aromatic heterocycles. The minimum atomic E-state index is -0.189. The number of epoxide rings is 2. The summed E-state index contributed by atoms with van der Waals surface area (Å²) in [5.74, 6) is 5.06. The summed E-state index contributed by atoms with van der Waals surface area (Å²) in [6, 6.07) is 9.84. The van der Waals surface area contributed by atoms with Crippen LogP contribution in [-0.4, -0.2) is 38.6 Å². The zero-order chi connectivity index (χ0) is 37.3. The Hall–Kier alpha value is -2.04. The van der Waals surface area contributed by atoms with E-state index in [0.29, 0.717) is 47.7 Å². The molecule has 0 amide bonds. The summed E-state index contributed by atoms with van der Waals surface area (Å²) >= 11 is 0. The second kappa shape index (κ2) is 19.3. The quantitative estimate of drug-likeness (QED) is 0.0806. The van der Waals surface area contributed by atoms with Gasteiger partial charge in [-0.15, -0.1) is 0 Å². The lowest BCUT2D eigenvalue weighted by atomic mass is 9.73. The molecular weight excluding hydrogens is 629 g/mol. The summed E-state index contributed by atoms with van der Waals surface area (Å²) in [7, 11) is 0. The Kier molecular flexibility index (Phi) is 15.8. The van der Waals surface area contributed by atoms with Gasteiger partial charge < -0.3 is 18.9 Å². The predicted octanol–water partition coefficient (Wildman–Crippen LogP) is 13.2. The fourth-order valence-electron chi connectivity index (χ4n) is 7.95. The Morgan fingerprint density at radius 2 is 0.843 bits per heavy atom. The first-order valence-corrected chi connectivity index (χ1v) is 21.1. The lowest BCUT2D eigenvalue weighted by Crippen LogP contribution is -2.22. The van der Waals surface area contributed by atoms with Crippen LogP contribution in [0.15, 0.2) is 24.3 Å². The number of unbranched alkanes of at least 4 members (excludes halogenated alkanes) is 2. The third kappa shape index (κ3) is 11.5. The normalized spacial score (nSPS) is 18.6. The minimum Gasteiger partial charge on any atom is -0.493 e. The van der Waals surface area contributed by atoms with Gasteiger partial charge in [0.25, 0.3) is 0 Å². The van der Waals surface area contributed by atoms with Crippen molar-refractivity contribution in [3.05, 3.63) is 57.6 Å². The van der Waals surface area contributed by atoms with Gasteiger partial charge in [0.2, 0.25) is 0 Å². The molecule has 2 aliphatic rings. The minimum absolute atomic E-state index is 0.189. The monoisotopic (exact) mass is 705 g/mol. The number of hydrogen-bond donors (Lipinski definition) is 0. The molecule has 4 heteroatoms. The molecule has 288 valence electrons. The van der Waals surface area contributed by atoms with Gasteiger partial charge in [0, 0.05) is 5.41 Å². The van der Waals surface area contributed by atoms with Gasteiger partial charge in [-0.1, -0.05) is 133 Å². The summed E-state index contributed by atoms with van der Waals surface area (Å²) in [5, 5.41) is 0. The van der Waals surface area contributed by atoms with Crippen molar-refractivity contribution < 1.29 is 18.9 Å². The molecule has 4 atom stereocenters. The Balaban J connectivity index is 1.58. The van der Waals surface area contributed by atoms with Crippen molar-refractivity contribution in [2.75, 3.05) is 26.4 Å². The van der Waals surface area contributed by atoms with Crippen molar-refractivity contribution in [1.29, 1.82) is 0 Å². The van der Waals surface area contributed by atoms with E-state index in [2.05, 4.69) is 107 Å². The predicted molar refractivity (Wildman–Crippen MR) is 216 cm³/mol. The van der Waals surface area contributed by atoms with Crippen LogP contribution in [0.3, 0.4) is 0 Å². The zero-order valence-corrected chi connectivity index (χ0v) is 35.0. The molecule has 0 spiro atoms. The largest absolute Gasteiger partial charge is 0.493 e. The van der Waals surface area contributed by atoms with Gasteiger partial charge in [0.15, 0.2) is 0 Å². The Morgan fingerprint density at radius 1 is 0.549 bits per heavy atom. The highest BCUT2D eigenvalue weighted by Gasteiger charge is 2.34. The van der Waals surface area contributed by atoms with Crippen molar-refractivity contribution >= 4 is 0 Å². The van der Waals surface area contributed by atoms with E-state index in [4.69, 9.17) is 18.9 Å². The molecule has 4 nitrogen and oxygen atoms in total. The van der Waals surface area contributed by atoms with Crippen LogP contribution in [0.1, 0.15) is 204 Å². The molecule has 0 radical (unpaired) electrons. The standard InChI is InChI=1S/C47H76O4/c1-13-15-19-35(43-29-50-43)21-17-23-48-45-39(31(3)4)25-37(26-40(45)32(5)6)47(11,12)38-27-41(33(7)8)46(42(28-38)34(9)10)49-24-18-22-36(20-16-14-2)44-30-51-44/h25-28,31-36,43-44H,13-24,29-30H2,1-12H3. The average molecular weight is 705 g/mol. The molecule has 0 saturated carbocycles. The summed E-state index contributed by atoms with van der Waals surface area (Å²) in [6.45, 7) is 31.4. The molecule has 0 N–H and O–H groups in total. The van der Waals surface area contributed by atoms with Crippen molar-refractivity contribution in [3.8, 4) is 11.5 Å². The Bertz CT molecular complexity index is 1190. The van der Waals surface area contributed by atoms with E-state index in [1.54, 1.807) is 0 Å². The van der Waals surface area contributed by atoms with Crippen LogP contribution in [0.5, 0.6) is 11.5 Å². The van der Waals surface area contributed by atoms with Crippen molar-refractivity contribution in [1.82, 2.24) is 0 Å². The van der Waals surface area contributed by atoms with Gasteiger partial charge >= 0.3 is 0 Å². The van der Waals surface area contributed by atoms with E-state index in [1.807, 2.05) is 0 Å². The fraction of sp³-hybridized carbons (Fsp3) is 0.745. The van der Waals surface area contributed by atoms with E-state index >= 15 is 0 Å². The summed E-state index contributed by atoms with van der Waals surface area (Å²) in [4.78, 5) is 0. The number of rotatable bonds is 24. The highest BCUT2D eigenvalue weighted by Crippen LogP contribution is 2.45. The number of benzene rings is 2. The van der Waals surface area contributed by atoms with Crippen molar-refractivity contribution in [3.63, 3.8) is 0 Å². The van der Waals surface area contributed by atoms with Gasteiger partial charge in [-0.05, 0) is 107 Å². The second-order valence-electron chi connectivity index (χ2n) is 17.7. The molecule has 2 aliphatic heterocycles. The van der Waals surface area contributed by atoms with Crippen LogP contribution in [0.25, 0.3) is 0 Å². The number of ether oxygens (including phenoxy) is 4. The molecule has 2 saturated heterocycles. The van der Waals surface area contributed by atoms with E-state index in [9.17, 15) is 0 Å². The Labute approximate surface area is 314 Å². The first-order valence-electron chi connectivity index (χ1n) is 21.1. The highest BCUT2D eigenvalue weighted by atomic mass is 16.6. The van der Waals surface area contributed by atoms with Crippen molar-refractivity contribution in [2.45, 2.75) is 189 Å². The fourth-order valence-corrected chi connectivity index (χ4v) is 7.95. The molecule has 0 aliphatic carbocycles. The molecule has 2 aromatic rings. The third-order valence-electron chi connectivity index (χ3n) is 11.8. The average Bonchev–Trinajstić information content (AvgIpc) is 4.01. The SMILES string of the molecule is CCCCC(CCCOc1c(C(C)C)cc(C(C)(C)c2cc(C(C)C)c(OCCCC(CCCC)C3CO3)c(C(C)C)c2)cc1C(C)C)C1CO1. The third-order valence-corrected chi connectivity index (χ3v) is 11.8. The van der Waals surface area contributed by atoms with Gasteiger partial charge in [-0.25, -0.2) is 0 Å². The van der Waals surface area contributed by atoms with Crippen LogP contribution in [0.4, 0.5) is 0 Å². The zero-order valence-electron chi connectivity index (χ0n) is 35.0. The molecule has 2 fully saturated rings. The first-order chi connectivity index (χ1) is 24.3. The van der Waals surface area contributed by atoms with E-state index in [1.165, 1.54) is 84.7 Å². The van der Waals surface area contributed by atoms with Crippen LogP contribution < -0.4 is 9.47 Å². The molecule has 4 unspecified atom stereocenters. The van der Waals surface area contributed by atoms with Crippen LogP contribution in [-0.2, 0) is 14.9 Å². The van der Waals surface area contributed by atoms with Gasteiger partial charge in [-0.3, -0.25) is 0 Å². The van der Waals surface area contributed by atoms with E-state index in [-0.39, 0.29) is 5.41 Å². The van der Waals surface area contributed by atoms with Crippen molar-refractivity contribution in [2.24, 2.45) is 11.8 Å². The van der Waals surface area contributed by atoms with Gasteiger partial charge in [-0.2, -0.15) is 0 Å².